The Balaban J connectivity index is 0.00000264. The summed E-state index contributed by atoms with van der Waals surface area (Å²) >= 11 is 1.42. The largest absolute Gasteiger partial charge is 0.384 e. The average molecular weight is 381 g/mol. The number of thiophene rings is 1. The maximum Gasteiger partial charge on any atom is 0.237 e. The fraction of sp³-hybridized carbons (Fsp3) is 0.538. The number of amides is 1. The fourth-order valence-electron chi connectivity index (χ4n) is 2.34. The highest BCUT2D eigenvalue weighted by molar-refractivity contribution is 7.91. The third kappa shape index (κ3) is 4.90. The summed E-state index contributed by atoms with van der Waals surface area (Å²) in [4.78, 5) is 13.1. The maximum absolute atomic E-state index is 12.2. The van der Waals surface area contributed by atoms with Crippen molar-refractivity contribution in [2.24, 2.45) is 5.73 Å². The van der Waals surface area contributed by atoms with Crippen molar-refractivity contribution < 1.29 is 13.2 Å². The summed E-state index contributed by atoms with van der Waals surface area (Å²) in [6.45, 7) is 2.15. The molecule has 2 rings (SSSR count). The van der Waals surface area contributed by atoms with Gasteiger partial charge in [-0.15, -0.1) is 23.7 Å². The standard InChI is InChI=1S/C13H20N4O3S2.ClH/c1-7(11-3-8(6-21-11)12(14)15)17-13(18)10-4-9(5-16-10)22(2,19)20;/h3,6-7,9-10,16H,4-5H2,1-2H3,(H3,14,15)(H,17,18);1H/t7-,9-,10+;/m1./s1. The summed E-state index contributed by atoms with van der Waals surface area (Å²) in [6, 6.07) is 1.07. The topological polar surface area (TPSA) is 125 Å². The Hall–Kier alpha value is -1.16. The Kier molecular flexibility index (Phi) is 6.58. The Morgan fingerprint density at radius 1 is 1.57 bits per heavy atom. The molecule has 0 radical (unpaired) electrons. The number of carbonyl (C=O) groups excluding carboxylic acids is 1. The molecular weight excluding hydrogens is 360 g/mol. The van der Waals surface area contributed by atoms with Crippen molar-refractivity contribution in [1.29, 1.82) is 5.41 Å². The monoisotopic (exact) mass is 380 g/mol. The summed E-state index contributed by atoms with van der Waals surface area (Å²) in [5.41, 5.74) is 6.06. The fourth-order valence-corrected chi connectivity index (χ4v) is 4.19. The molecule has 0 bridgehead atoms. The van der Waals surface area contributed by atoms with Gasteiger partial charge in [-0.05, 0) is 19.4 Å². The molecule has 1 aromatic heterocycles. The predicted octanol–water partition coefficient (Wildman–Crippen LogP) is 0.406. The molecular formula is C13H21ClN4O3S2. The second kappa shape index (κ2) is 7.61. The number of hydrogen-bond donors (Lipinski definition) is 4. The number of rotatable bonds is 5. The van der Waals surface area contributed by atoms with Gasteiger partial charge in [-0.25, -0.2) is 8.42 Å². The first kappa shape index (κ1) is 19.9. The maximum atomic E-state index is 12.2. The van der Waals surface area contributed by atoms with Gasteiger partial charge in [0.2, 0.25) is 5.91 Å². The van der Waals surface area contributed by atoms with Gasteiger partial charge in [-0.3, -0.25) is 10.2 Å². The van der Waals surface area contributed by atoms with Crippen LogP contribution in [0.1, 0.15) is 29.8 Å². The van der Waals surface area contributed by atoms with E-state index in [9.17, 15) is 13.2 Å². The zero-order chi connectivity index (χ0) is 16.5. The predicted molar refractivity (Wildman–Crippen MR) is 94.2 cm³/mol. The van der Waals surface area contributed by atoms with Crippen LogP contribution < -0.4 is 16.4 Å². The minimum Gasteiger partial charge on any atom is -0.384 e. The number of carbonyl (C=O) groups is 1. The summed E-state index contributed by atoms with van der Waals surface area (Å²) in [6.07, 6.45) is 1.48. The lowest BCUT2D eigenvalue weighted by atomic mass is 10.2. The molecule has 0 aliphatic carbocycles. The van der Waals surface area contributed by atoms with Gasteiger partial charge in [0.25, 0.3) is 0 Å². The van der Waals surface area contributed by atoms with E-state index in [1.54, 1.807) is 11.4 Å². The lowest BCUT2D eigenvalue weighted by molar-refractivity contribution is -0.123. The van der Waals surface area contributed by atoms with Crippen molar-refractivity contribution >= 4 is 45.3 Å². The van der Waals surface area contributed by atoms with E-state index in [1.165, 1.54) is 17.6 Å². The van der Waals surface area contributed by atoms with Crippen molar-refractivity contribution in [2.75, 3.05) is 12.8 Å². The lowest BCUT2D eigenvalue weighted by Crippen LogP contribution is -2.41. The van der Waals surface area contributed by atoms with Crippen molar-refractivity contribution in [3.05, 3.63) is 21.9 Å². The summed E-state index contributed by atoms with van der Waals surface area (Å²) in [5, 5.41) is 14.5. The highest BCUT2D eigenvalue weighted by Gasteiger charge is 2.35. The molecule has 1 aliphatic rings. The second-order valence-corrected chi connectivity index (χ2v) is 8.80. The third-order valence-corrected chi connectivity index (χ3v) is 6.41. The third-order valence-electron chi connectivity index (χ3n) is 3.73. The van der Waals surface area contributed by atoms with Crippen LogP contribution >= 0.6 is 23.7 Å². The van der Waals surface area contributed by atoms with Crippen molar-refractivity contribution in [3.8, 4) is 0 Å². The van der Waals surface area contributed by atoms with Crippen molar-refractivity contribution in [1.82, 2.24) is 10.6 Å². The van der Waals surface area contributed by atoms with Gasteiger partial charge in [0.05, 0.1) is 17.3 Å². The van der Waals surface area contributed by atoms with Crippen molar-refractivity contribution in [2.45, 2.75) is 30.7 Å². The van der Waals surface area contributed by atoms with E-state index < -0.39 is 21.1 Å². The molecule has 2 heterocycles. The summed E-state index contributed by atoms with van der Waals surface area (Å²) in [7, 11) is -3.13. The molecule has 3 atom stereocenters. The highest BCUT2D eigenvalue weighted by atomic mass is 35.5. The number of hydrogen-bond acceptors (Lipinski definition) is 6. The van der Waals surface area contributed by atoms with Crippen LogP contribution in [0.2, 0.25) is 0 Å². The molecule has 1 aromatic rings. The van der Waals surface area contributed by atoms with Crippen LogP contribution in [0.5, 0.6) is 0 Å². The van der Waals surface area contributed by atoms with Crippen LogP contribution in [0.25, 0.3) is 0 Å². The average Bonchev–Trinajstić information content (AvgIpc) is 3.07. The zero-order valence-corrected chi connectivity index (χ0v) is 15.3. The quantitative estimate of drug-likeness (QED) is 0.434. The van der Waals surface area contributed by atoms with E-state index in [4.69, 9.17) is 11.1 Å². The van der Waals surface area contributed by atoms with Crippen LogP contribution in [0.3, 0.4) is 0 Å². The first-order chi connectivity index (χ1) is 10.2. The molecule has 1 saturated heterocycles. The van der Waals surface area contributed by atoms with Crippen molar-refractivity contribution in [3.63, 3.8) is 0 Å². The van der Waals surface area contributed by atoms with Gasteiger partial charge < -0.3 is 16.4 Å². The normalized spacial score (nSPS) is 22.2. The van der Waals surface area contributed by atoms with E-state index in [1.807, 2.05) is 6.92 Å². The van der Waals surface area contributed by atoms with E-state index >= 15 is 0 Å². The minimum atomic E-state index is -3.13. The first-order valence-electron chi connectivity index (χ1n) is 6.84. The second-order valence-electron chi connectivity index (χ2n) is 5.53. The van der Waals surface area contributed by atoms with Gasteiger partial charge in [0, 0.05) is 28.6 Å². The molecule has 0 unspecified atom stereocenters. The Labute approximate surface area is 145 Å². The Bertz CT molecular complexity index is 689. The zero-order valence-electron chi connectivity index (χ0n) is 12.8. The molecule has 1 fully saturated rings. The van der Waals surface area contributed by atoms with Crippen LogP contribution in [-0.4, -0.2) is 44.3 Å². The molecule has 5 N–H and O–H groups in total. The molecule has 0 aromatic carbocycles. The number of nitrogens with one attached hydrogen (secondary N) is 3. The van der Waals surface area contributed by atoms with Crippen LogP contribution in [0.4, 0.5) is 0 Å². The van der Waals surface area contributed by atoms with Gasteiger partial charge in [-0.1, -0.05) is 0 Å². The summed E-state index contributed by atoms with van der Waals surface area (Å²) in [5.74, 6) is -0.217. The first-order valence-corrected chi connectivity index (χ1v) is 9.67. The van der Waals surface area contributed by atoms with Crippen LogP contribution in [-0.2, 0) is 14.6 Å². The Morgan fingerprint density at radius 3 is 2.70 bits per heavy atom. The highest BCUT2D eigenvalue weighted by Crippen LogP contribution is 2.22. The number of halogens is 1. The van der Waals surface area contributed by atoms with E-state index in [0.29, 0.717) is 18.5 Å². The molecule has 0 saturated carbocycles. The molecule has 7 nitrogen and oxygen atoms in total. The number of nitrogens with two attached hydrogens (primary N) is 1. The van der Waals surface area contributed by atoms with Crippen LogP contribution in [0.15, 0.2) is 11.4 Å². The van der Waals surface area contributed by atoms with Gasteiger partial charge in [0.1, 0.15) is 5.84 Å². The molecule has 0 spiro atoms. The smallest absolute Gasteiger partial charge is 0.237 e. The van der Waals surface area contributed by atoms with Gasteiger partial charge >= 0.3 is 0 Å². The van der Waals surface area contributed by atoms with Gasteiger partial charge in [-0.2, -0.15) is 0 Å². The summed E-state index contributed by atoms with van der Waals surface area (Å²) < 4.78 is 23.0. The number of amidine groups is 1. The van der Waals surface area contributed by atoms with E-state index in [-0.39, 0.29) is 30.2 Å². The molecule has 23 heavy (non-hydrogen) atoms. The molecule has 130 valence electrons. The van der Waals surface area contributed by atoms with Crippen LogP contribution in [0, 0.1) is 5.41 Å². The van der Waals surface area contributed by atoms with E-state index in [2.05, 4.69) is 10.6 Å². The molecule has 1 amide bonds. The Morgan fingerprint density at radius 2 is 2.22 bits per heavy atom. The molecule has 1 aliphatic heterocycles. The SMILES string of the molecule is C[C@@H](NC(=O)[C@@H]1C[C@@H](S(C)(=O)=O)CN1)c1cc(C(=N)N)cs1.Cl. The van der Waals surface area contributed by atoms with Gasteiger partial charge in [0.15, 0.2) is 9.84 Å². The minimum absolute atomic E-state index is 0. The molecule has 10 heteroatoms. The lowest BCUT2D eigenvalue weighted by Gasteiger charge is -2.16. The number of sulfone groups is 1. The van der Waals surface area contributed by atoms with E-state index in [0.717, 1.165) is 4.88 Å². The number of nitrogen functional groups attached to an aromatic ring is 1.